The monoisotopic (exact) mass is 846 g/mol. The fraction of sp³-hybridized carbons (Fsp3) is 0. The lowest BCUT2D eigenvalue weighted by molar-refractivity contribution is 0.111. The van der Waals surface area contributed by atoms with E-state index < -0.39 is 0 Å². The summed E-state index contributed by atoms with van der Waals surface area (Å²) in [5.74, 6) is 2.51. The lowest BCUT2D eigenvalue weighted by atomic mass is 9.89. The molecule has 0 aliphatic carbocycles. The van der Waals surface area contributed by atoms with Gasteiger partial charge in [-0.05, 0) is 137 Å². The second-order valence-corrected chi connectivity index (χ2v) is 16.7. The highest BCUT2D eigenvalue weighted by atomic mass is 16.5. The maximum absolute atomic E-state index is 12.2. The Morgan fingerprint density at radius 3 is 1.02 bits per heavy atom. The molecule has 0 spiro atoms. The molecule has 0 saturated carbocycles. The Labute approximate surface area is 380 Å². The van der Waals surface area contributed by atoms with E-state index in [0.29, 0.717) is 34.1 Å². The first kappa shape index (κ1) is 38.8. The fourth-order valence-corrected chi connectivity index (χ4v) is 9.61. The van der Waals surface area contributed by atoms with Crippen LogP contribution in [0.3, 0.4) is 0 Å². The summed E-state index contributed by atoms with van der Waals surface area (Å²) in [6, 6.07) is 74.7. The van der Waals surface area contributed by atoms with E-state index in [9.17, 15) is 9.59 Å². The lowest BCUT2D eigenvalue weighted by Crippen LogP contribution is -1.97. The van der Waals surface area contributed by atoms with E-state index in [0.717, 1.165) is 89.0 Å². The van der Waals surface area contributed by atoms with Crippen LogP contribution in [0.4, 0.5) is 0 Å². The van der Waals surface area contributed by atoms with Crippen LogP contribution in [0.15, 0.2) is 218 Å². The molecule has 12 aromatic carbocycles. The normalized spacial score (nSPS) is 11.5. The second-order valence-electron chi connectivity index (χ2n) is 16.7. The molecule has 0 aliphatic rings. The molecule has 0 aromatic heterocycles. The number of fused-ring (bicyclic) bond motifs is 6. The molecule has 4 nitrogen and oxygen atoms in total. The van der Waals surface area contributed by atoms with E-state index in [4.69, 9.17) is 9.47 Å². The molecular formula is C62H38O4. The molecule has 0 amide bonds. The minimum Gasteiger partial charge on any atom is -0.456 e. The van der Waals surface area contributed by atoms with Gasteiger partial charge in [-0.25, -0.2) is 0 Å². The van der Waals surface area contributed by atoms with Crippen LogP contribution in [0.25, 0.3) is 98.0 Å². The quantitative estimate of drug-likeness (QED) is 0.136. The van der Waals surface area contributed by atoms with Gasteiger partial charge in [0.25, 0.3) is 0 Å². The lowest BCUT2D eigenvalue weighted by Gasteiger charge is -2.21. The zero-order valence-corrected chi connectivity index (χ0v) is 35.6. The molecule has 66 heavy (non-hydrogen) atoms. The van der Waals surface area contributed by atoms with Crippen LogP contribution in [0.2, 0.25) is 0 Å². The van der Waals surface area contributed by atoms with E-state index in [1.165, 1.54) is 21.5 Å². The van der Waals surface area contributed by atoms with Crippen molar-refractivity contribution in [2.45, 2.75) is 0 Å². The molecule has 0 N–H and O–H groups in total. The molecule has 0 atom stereocenters. The van der Waals surface area contributed by atoms with Crippen LogP contribution < -0.4 is 9.47 Å². The molecular weight excluding hydrogens is 809 g/mol. The summed E-state index contributed by atoms with van der Waals surface area (Å²) in [6.07, 6.45) is 1.77. The van der Waals surface area contributed by atoms with Gasteiger partial charge in [0.1, 0.15) is 23.0 Å². The van der Waals surface area contributed by atoms with Crippen molar-refractivity contribution in [1.29, 1.82) is 0 Å². The van der Waals surface area contributed by atoms with Crippen LogP contribution in [-0.4, -0.2) is 12.6 Å². The van der Waals surface area contributed by atoms with Crippen molar-refractivity contribution in [3.8, 4) is 56.4 Å². The highest BCUT2D eigenvalue weighted by molar-refractivity contribution is 6.12. The standard InChI is InChI=1S/C62H38O4/c63-37-49-25-29-57(55-15-7-5-13-51(49)55)65-59-31-23-47-35-45(43-19-17-39-9-1-3-11-41(39)33-43)21-27-53(47)61(59)62-54-28-22-46(44-20-18-40-10-2-4-12-42(40)34-44)36-48(54)24-32-60(62)66-58-30-26-50(38-64)52-14-6-8-16-56(52)58/h1-38H. The summed E-state index contributed by atoms with van der Waals surface area (Å²) in [6.45, 7) is 0. The van der Waals surface area contributed by atoms with E-state index in [1.54, 1.807) is 0 Å². The van der Waals surface area contributed by atoms with Gasteiger partial charge >= 0.3 is 0 Å². The summed E-state index contributed by atoms with van der Waals surface area (Å²) in [5, 5.41) is 12.0. The van der Waals surface area contributed by atoms with Crippen LogP contribution >= 0.6 is 0 Å². The van der Waals surface area contributed by atoms with Gasteiger partial charge in [0.05, 0.1) is 0 Å². The summed E-state index contributed by atoms with van der Waals surface area (Å²) >= 11 is 0. The first-order valence-corrected chi connectivity index (χ1v) is 22.0. The topological polar surface area (TPSA) is 52.6 Å². The SMILES string of the molecule is O=Cc1ccc(Oc2ccc3cc(-c4ccc5ccccc5c4)ccc3c2-c2c(Oc3ccc(C=O)c4ccccc34)ccc3cc(-c4ccc5ccccc5c4)ccc23)c2ccccc12. The number of carbonyl (C=O) groups excluding carboxylic acids is 2. The summed E-state index contributed by atoms with van der Waals surface area (Å²) in [4.78, 5) is 24.4. The van der Waals surface area contributed by atoms with Crippen molar-refractivity contribution >= 4 is 77.2 Å². The summed E-state index contributed by atoms with van der Waals surface area (Å²) < 4.78 is 14.3. The van der Waals surface area contributed by atoms with Gasteiger partial charge in [0.15, 0.2) is 12.6 Å². The number of ether oxygens (including phenoxy) is 2. The van der Waals surface area contributed by atoms with Crippen LogP contribution in [0.5, 0.6) is 23.0 Å². The molecule has 0 bridgehead atoms. The molecule has 12 aromatic rings. The number of hydrogen-bond acceptors (Lipinski definition) is 4. The van der Waals surface area contributed by atoms with E-state index >= 15 is 0 Å². The Morgan fingerprint density at radius 1 is 0.258 bits per heavy atom. The van der Waals surface area contributed by atoms with Gasteiger partial charge in [0, 0.05) is 33.0 Å². The molecule has 0 unspecified atom stereocenters. The third kappa shape index (κ3) is 6.72. The zero-order chi connectivity index (χ0) is 44.1. The minimum atomic E-state index is 0.595. The van der Waals surface area contributed by atoms with Crippen LogP contribution in [0, 0.1) is 0 Å². The molecule has 0 fully saturated rings. The third-order valence-corrected chi connectivity index (χ3v) is 12.9. The van der Waals surface area contributed by atoms with Gasteiger partial charge in [-0.3, -0.25) is 9.59 Å². The maximum Gasteiger partial charge on any atom is 0.150 e. The summed E-state index contributed by atoms with van der Waals surface area (Å²) in [7, 11) is 0. The minimum absolute atomic E-state index is 0.595. The predicted molar refractivity (Wildman–Crippen MR) is 272 cm³/mol. The molecule has 310 valence electrons. The average molecular weight is 847 g/mol. The molecule has 0 aliphatic heterocycles. The van der Waals surface area contributed by atoms with Crippen molar-refractivity contribution < 1.29 is 19.1 Å². The van der Waals surface area contributed by atoms with E-state index in [2.05, 4.69) is 133 Å². The van der Waals surface area contributed by atoms with Crippen molar-refractivity contribution in [1.82, 2.24) is 0 Å². The van der Waals surface area contributed by atoms with Gasteiger partial charge in [0.2, 0.25) is 0 Å². The van der Waals surface area contributed by atoms with Crippen molar-refractivity contribution in [2.24, 2.45) is 0 Å². The maximum atomic E-state index is 12.2. The van der Waals surface area contributed by atoms with Crippen molar-refractivity contribution in [3.63, 3.8) is 0 Å². The Morgan fingerprint density at radius 2 is 0.591 bits per heavy atom. The molecule has 4 heteroatoms. The van der Waals surface area contributed by atoms with Gasteiger partial charge in [-0.2, -0.15) is 0 Å². The third-order valence-electron chi connectivity index (χ3n) is 12.9. The summed E-state index contributed by atoms with van der Waals surface area (Å²) in [5.41, 5.74) is 7.35. The Bertz CT molecular complexity index is 3680. The van der Waals surface area contributed by atoms with Crippen molar-refractivity contribution in [3.05, 3.63) is 230 Å². The molecule has 0 saturated heterocycles. The average Bonchev–Trinajstić information content (AvgIpc) is 3.38. The number of carbonyl (C=O) groups is 2. The van der Waals surface area contributed by atoms with Crippen molar-refractivity contribution in [2.75, 3.05) is 0 Å². The largest absolute Gasteiger partial charge is 0.456 e. The fourth-order valence-electron chi connectivity index (χ4n) is 9.61. The highest BCUT2D eigenvalue weighted by Crippen LogP contribution is 2.50. The first-order chi connectivity index (χ1) is 32.6. The smallest absolute Gasteiger partial charge is 0.150 e. The number of hydrogen-bond donors (Lipinski definition) is 0. The van der Waals surface area contributed by atoms with Gasteiger partial charge in [-0.1, -0.05) is 158 Å². The second kappa shape index (κ2) is 16.0. The highest BCUT2D eigenvalue weighted by Gasteiger charge is 2.23. The Hall–Kier alpha value is -8.86. The van der Waals surface area contributed by atoms with Gasteiger partial charge in [-0.15, -0.1) is 0 Å². The zero-order valence-electron chi connectivity index (χ0n) is 35.6. The van der Waals surface area contributed by atoms with Crippen LogP contribution in [0.1, 0.15) is 20.7 Å². The molecule has 0 heterocycles. The Balaban J connectivity index is 1.12. The van der Waals surface area contributed by atoms with Crippen LogP contribution in [-0.2, 0) is 0 Å². The van der Waals surface area contributed by atoms with E-state index in [1.807, 2.05) is 84.9 Å². The Kier molecular flexibility index (Phi) is 9.43. The molecule has 12 rings (SSSR count). The molecule has 0 radical (unpaired) electrons. The first-order valence-electron chi connectivity index (χ1n) is 22.0. The number of benzene rings is 12. The van der Waals surface area contributed by atoms with E-state index in [-0.39, 0.29) is 0 Å². The number of rotatable bonds is 9. The number of aldehydes is 2. The van der Waals surface area contributed by atoms with Gasteiger partial charge < -0.3 is 9.47 Å². The predicted octanol–water partition coefficient (Wildman–Crippen LogP) is 16.8.